The molecule has 3 heteroatoms. The van der Waals surface area contributed by atoms with Gasteiger partial charge in [0.05, 0.1) is 5.84 Å². The first kappa shape index (κ1) is 9.00. The Balaban J connectivity index is 1.66. The number of amidine groups is 1. The highest BCUT2D eigenvalue weighted by Gasteiger charge is 2.14. The van der Waals surface area contributed by atoms with Crippen LogP contribution < -0.4 is 5.32 Å². The van der Waals surface area contributed by atoms with Gasteiger partial charge in [0.25, 0.3) is 0 Å². The first-order valence-electron chi connectivity index (χ1n) is 5.30. The molecule has 3 nitrogen and oxygen atoms in total. The maximum absolute atomic E-state index is 5.31. The summed E-state index contributed by atoms with van der Waals surface area (Å²) in [6, 6.07) is 0. The highest BCUT2D eigenvalue weighted by Crippen LogP contribution is 2.13. The first-order chi connectivity index (χ1) is 6.45. The standard InChI is InChI=1S/C10H18N2O/c1-2-10(11-5-1)12-8-9-3-6-13-7-4-9/h9H,1-8H2,(H,11,12). The van der Waals surface area contributed by atoms with Crippen LogP contribution in [0.3, 0.4) is 0 Å². The molecule has 0 saturated carbocycles. The number of rotatable bonds is 2. The molecule has 0 unspecified atom stereocenters. The van der Waals surface area contributed by atoms with E-state index in [2.05, 4.69) is 10.3 Å². The van der Waals surface area contributed by atoms with Crippen LogP contribution in [0.15, 0.2) is 4.99 Å². The molecule has 0 aromatic rings. The van der Waals surface area contributed by atoms with E-state index in [0.717, 1.165) is 38.6 Å². The predicted molar refractivity (Wildman–Crippen MR) is 53.1 cm³/mol. The van der Waals surface area contributed by atoms with Crippen LogP contribution >= 0.6 is 0 Å². The number of nitrogens with zero attached hydrogens (tertiary/aromatic N) is 1. The van der Waals surface area contributed by atoms with Crippen LogP contribution in [-0.2, 0) is 4.74 Å². The molecule has 74 valence electrons. The summed E-state index contributed by atoms with van der Waals surface area (Å²) < 4.78 is 5.31. The summed E-state index contributed by atoms with van der Waals surface area (Å²) in [7, 11) is 0. The van der Waals surface area contributed by atoms with Gasteiger partial charge in [-0.1, -0.05) is 0 Å². The van der Waals surface area contributed by atoms with E-state index in [1.165, 1.54) is 25.1 Å². The van der Waals surface area contributed by atoms with E-state index < -0.39 is 0 Å². The van der Waals surface area contributed by atoms with Crippen LogP contribution in [0.4, 0.5) is 0 Å². The van der Waals surface area contributed by atoms with Crippen LogP contribution in [0.25, 0.3) is 0 Å². The molecule has 1 N–H and O–H groups in total. The zero-order chi connectivity index (χ0) is 8.93. The van der Waals surface area contributed by atoms with Gasteiger partial charge in [0.15, 0.2) is 0 Å². The van der Waals surface area contributed by atoms with Gasteiger partial charge >= 0.3 is 0 Å². The average Bonchev–Trinajstić information content (AvgIpc) is 2.69. The molecule has 2 aliphatic heterocycles. The van der Waals surface area contributed by atoms with E-state index in [0.29, 0.717) is 0 Å². The SMILES string of the molecule is C1CN=C(NCC2CCOCC2)C1. The summed E-state index contributed by atoms with van der Waals surface area (Å²) in [6.07, 6.45) is 4.81. The molecule has 0 amide bonds. The Kier molecular flexibility index (Phi) is 3.19. The zero-order valence-electron chi connectivity index (χ0n) is 8.09. The Morgan fingerprint density at radius 2 is 2.23 bits per heavy atom. The Labute approximate surface area is 79.6 Å². The Bertz CT molecular complexity index is 185. The van der Waals surface area contributed by atoms with Crippen molar-refractivity contribution < 1.29 is 4.74 Å². The van der Waals surface area contributed by atoms with Crippen molar-refractivity contribution in [3.05, 3.63) is 0 Å². The lowest BCUT2D eigenvalue weighted by atomic mass is 10.0. The summed E-state index contributed by atoms with van der Waals surface area (Å²) in [6.45, 7) is 4.01. The van der Waals surface area contributed by atoms with Gasteiger partial charge in [-0.2, -0.15) is 0 Å². The number of hydrogen-bond donors (Lipinski definition) is 1. The van der Waals surface area contributed by atoms with Crippen LogP contribution in [0.5, 0.6) is 0 Å². The van der Waals surface area contributed by atoms with E-state index in [4.69, 9.17) is 4.74 Å². The summed E-state index contributed by atoms with van der Waals surface area (Å²) in [4.78, 5) is 4.39. The summed E-state index contributed by atoms with van der Waals surface area (Å²) in [5.74, 6) is 2.03. The van der Waals surface area contributed by atoms with E-state index >= 15 is 0 Å². The van der Waals surface area contributed by atoms with Crippen molar-refractivity contribution in [1.82, 2.24) is 5.32 Å². The highest BCUT2D eigenvalue weighted by atomic mass is 16.5. The van der Waals surface area contributed by atoms with Crippen LogP contribution in [0.1, 0.15) is 25.7 Å². The fourth-order valence-corrected chi connectivity index (χ4v) is 1.90. The minimum Gasteiger partial charge on any atom is -0.381 e. The van der Waals surface area contributed by atoms with Crippen molar-refractivity contribution in [3.63, 3.8) is 0 Å². The van der Waals surface area contributed by atoms with Crippen molar-refractivity contribution in [3.8, 4) is 0 Å². The molecular weight excluding hydrogens is 164 g/mol. The van der Waals surface area contributed by atoms with Crippen molar-refractivity contribution in [2.24, 2.45) is 10.9 Å². The second kappa shape index (κ2) is 4.61. The van der Waals surface area contributed by atoms with Crippen LogP contribution in [0, 0.1) is 5.92 Å². The van der Waals surface area contributed by atoms with Crippen molar-refractivity contribution in [1.29, 1.82) is 0 Å². The number of nitrogens with one attached hydrogen (secondary N) is 1. The molecule has 2 aliphatic rings. The van der Waals surface area contributed by atoms with Gasteiger partial charge in [-0.15, -0.1) is 0 Å². The maximum atomic E-state index is 5.31. The molecular formula is C10H18N2O. The normalized spacial score (nSPS) is 24.5. The molecule has 0 spiro atoms. The molecule has 0 aliphatic carbocycles. The molecule has 2 heterocycles. The predicted octanol–water partition coefficient (Wildman–Crippen LogP) is 1.19. The van der Waals surface area contributed by atoms with E-state index in [1.54, 1.807) is 0 Å². The van der Waals surface area contributed by atoms with E-state index in [1.807, 2.05) is 0 Å². The van der Waals surface area contributed by atoms with Gasteiger partial charge in [0, 0.05) is 32.7 Å². The van der Waals surface area contributed by atoms with E-state index in [-0.39, 0.29) is 0 Å². The Morgan fingerprint density at radius 1 is 1.38 bits per heavy atom. The van der Waals surface area contributed by atoms with Gasteiger partial charge in [-0.3, -0.25) is 4.99 Å². The molecule has 1 saturated heterocycles. The van der Waals surface area contributed by atoms with Crippen molar-refractivity contribution in [2.45, 2.75) is 25.7 Å². The second-order valence-electron chi connectivity index (χ2n) is 3.87. The quantitative estimate of drug-likeness (QED) is 0.696. The van der Waals surface area contributed by atoms with Crippen LogP contribution in [-0.4, -0.2) is 32.1 Å². The Morgan fingerprint density at radius 3 is 2.92 bits per heavy atom. The number of hydrogen-bond acceptors (Lipinski definition) is 3. The molecule has 2 rings (SSSR count). The number of aliphatic imine (C=N–C) groups is 1. The Hall–Kier alpha value is -0.570. The van der Waals surface area contributed by atoms with Crippen molar-refractivity contribution in [2.75, 3.05) is 26.3 Å². The lowest BCUT2D eigenvalue weighted by molar-refractivity contribution is 0.0676. The van der Waals surface area contributed by atoms with Crippen molar-refractivity contribution >= 4 is 5.84 Å². The molecule has 0 aromatic heterocycles. The molecule has 0 radical (unpaired) electrons. The van der Waals surface area contributed by atoms with Gasteiger partial charge in [-0.25, -0.2) is 0 Å². The number of ether oxygens (including phenoxy) is 1. The molecule has 13 heavy (non-hydrogen) atoms. The molecule has 0 aromatic carbocycles. The lowest BCUT2D eigenvalue weighted by Gasteiger charge is -2.22. The highest BCUT2D eigenvalue weighted by molar-refractivity contribution is 5.83. The third-order valence-corrected chi connectivity index (χ3v) is 2.81. The largest absolute Gasteiger partial charge is 0.381 e. The minimum absolute atomic E-state index is 0.803. The fraction of sp³-hybridized carbons (Fsp3) is 0.900. The van der Waals surface area contributed by atoms with Gasteiger partial charge in [0.1, 0.15) is 0 Å². The van der Waals surface area contributed by atoms with Crippen LogP contribution in [0.2, 0.25) is 0 Å². The molecule has 1 fully saturated rings. The third-order valence-electron chi connectivity index (χ3n) is 2.81. The van der Waals surface area contributed by atoms with Gasteiger partial charge in [0.2, 0.25) is 0 Å². The molecule has 0 atom stereocenters. The molecule has 0 bridgehead atoms. The monoisotopic (exact) mass is 182 g/mol. The van der Waals surface area contributed by atoms with E-state index in [9.17, 15) is 0 Å². The lowest BCUT2D eigenvalue weighted by Crippen LogP contribution is -2.31. The third kappa shape index (κ3) is 2.69. The summed E-state index contributed by atoms with van der Waals surface area (Å²) in [5, 5.41) is 3.45. The van der Waals surface area contributed by atoms with Gasteiger partial charge in [-0.05, 0) is 25.2 Å². The first-order valence-corrected chi connectivity index (χ1v) is 5.30. The summed E-state index contributed by atoms with van der Waals surface area (Å²) >= 11 is 0. The van der Waals surface area contributed by atoms with Gasteiger partial charge < -0.3 is 10.1 Å². The fourth-order valence-electron chi connectivity index (χ4n) is 1.90. The summed E-state index contributed by atoms with van der Waals surface area (Å²) in [5.41, 5.74) is 0. The zero-order valence-corrected chi connectivity index (χ0v) is 8.09. The smallest absolute Gasteiger partial charge is 0.0963 e. The maximum Gasteiger partial charge on any atom is 0.0963 e. The minimum atomic E-state index is 0.803. The average molecular weight is 182 g/mol. The topological polar surface area (TPSA) is 33.6 Å². The second-order valence-corrected chi connectivity index (χ2v) is 3.87.